The average molecular weight is 386 g/mol. The summed E-state index contributed by atoms with van der Waals surface area (Å²) < 4.78 is 10.7. The van der Waals surface area contributed by atoms with Crippen molar-refractivity contribution in [1.82, 2.24) is 9.88 Å². The van der Waals surface area contributed by atoms with Crippen LogP contribution in [0.15, 0.2) is 36.5 Å². The van der Waals surface area contributed by atoms with Gasteiger partial charge >= 0.3 is 0 Å². The minimum absolute atomic E-state index is 0.0234. The van der Waals surface area contributed by atoms with E-state index in [1.807, 2.05) is 11.0 Å². The second kappa shape index (κ2) is 8.55. The number of aryl methyl sites for hydroxylation is 1. The number of carbonyl (C=O) groups excluding carboxylic acids is 1. The van der Waals surface area contributed by atoms with Crippen molar-refractivity contribution in [2.75, 3.05) is 44.8 Å². The molecule has 1 amide bonds. The third kappa shape index (κ3) is 4.48. The number of nitrogens with zero attached hydrogens (tertiary/aromatic N) is 4. The Morgan fingerprint density at radius 3 is 2.57 bits per heavy atom. The molecule has 1 aromatic heterocycles. The van der Waals surface area contributed by atoms with Crippen LogP contribution in [0.2, 0.25) is 0 Å². The molecule has 2 aromatic rings. The van der Waals surface area contributed by atoms with E-state index < -0.39 is 4.92 Å². The van der Waals surface area contributed by atoms with Gasteiger partial charge in [-0.15, -0.1) is 0 Å². The molecule has 0 N–H and O–H groups in total. The van der Waals surface area contributed by atoms with Gasteiger partial charge in [-0.25, -0.2) is 4.98 Å². The summed E-state index contributed by atoms with van der Waals surface area (Å²) in [5.41, 5.74) is 0.722. The zero-order valence-corrected chi connectivity index (χ0v) is 15.8. The first kappa shape index (κ1) is 19.4. The summed E-state index contributed by atoms with van der Waals surface area (Å²) in [6.45, 7) is 4.06. The lowest BCUT2D eigenvalue weighted by molar-refractivity contribution is -0.385. The minimum atomic E-state index is -0.456. The number of aromatic nitrogens is 1. The van der Waals surface area contributed by atoms with Gasteiger partial charge in [0.25, 0.3) is 11.6 Å². The lowest BCUT2D eigenvalue weighted by Crippen LogP contribution is -2.50. The van der Waals surface area contributed by atoms with Gasteiger partial charge in [0.15, 0.2) is 6.61 Å². The molecule has 0 saturated carbocycles. The molecule has 3 rings (SSSR count). The van der Waals surface area contributed by atoms with Gasteiger partial charge in [0.1, 0.15) is 23.5 Å². The van der Waals surface area contributed by atoms with Crippen molar-refractivity contribution in [1.29, 1.82) is 0 Å². The summed E-state index contributed by atoms with van der Waals surface area (Å²) in [4.78, 5) is 30.8. The molecule has 2 heterocycles. The highest BCUT2D eigenvalue weighted by atomic mass is 16.6. The van der Waals surface area contributed by atoms with Gasteiger partial charge in [0.2, 0.25) is 0 Å². The summed E-state index contributed by atoms with van der Waals surface area (Å²) in [7, 11) is 1.57. The first-order valence-electron chi connectivity index (χ1n) is 8.88. The molecule has 1 fully saturated rings. The number of nitro groups is 1. The van der Waals surface area contributed by atoms with Gasteiger partial charge in [-0.3, -0.25) is 14.9 Å². The van der Waals surface area contributed by atoms with Gasteiger partial charge in [-0.1, -0.05) is 6.07 Å². The lowest BCUT2D eigenvalue weighted by Gasteiger charge is -2.35. The van der Waals surface area contributed by atoms with Crippen molar-refractivity contribution in [3.8, 4) is 11.5 Å². The first-order chi connectivity index (χ1) is 13.5. The number of hydrogen-bond acceptors (Lipinski definition) is 7. The van der Waals surface area contributed by atoms with Crippen LogP contribution >= 0.6 is 0 Å². The lowest BCUT2D eigenvalue weighted by atomic mass is 10.2. The molecule has 9 heteroatoms. The van der Waals surface area contributed by atoms with E-state index >= 15 is 0 Å². The van der Waals surface area contributed by atoms with Crippen LogP contribution in [-0.4, -0.2) is 60.6 Å². The smallest absolute Gasteiger partial charge is 0.287 e. The molecule has 1 saturated heterocycles. The highest BCUT2D eigenvalue weighted by Gasteiger charge is 2.24. The normalized spacial score (nSPS) is 13.9. The highest BCUT2D eigenvalue weighted by molar-refractivity contribution is 5.78. The van der Waals surface area contributed by atoms with Gasteiger partial charge in [-0.2, -0.15) is 0 Å². The van der Waals surface area contributed by atoms with E-state index in [-0.39, 0.29) is 18.2 Å². The number of ether oxygens (including phenoxy) is 2. The van der Waals surface area contributed by atoms with Crippen molar-refractivity contribution >= 4 is 17.4 Å². The fourth-order valence-corrected chi connectivity index (χ4v) is 3.08. The third-order valence-electron chi connectivity index (χ3n) is 4.58. The Bertz CT molecular complexity index is 865. The molecule has 0 bridgehead atoms. The molecular formula is C19H22N4O5. The summed E-state index contributed by atoms with van der Waals surface area (Å²) in [5.74, 6) is 1.88. The highest BCUT2D eigenvalue weighted by Crippen LogP contribution is 2.23. The summed E-state index contributed by atoms with van der Waals surface area (Å²) >= 11 is 0. The molecule has 0 spiro atoms. The van der Waals surface area contributed by atoms with Crippen LogP contribution in [0, 0.1) is 17.0 Å². The number of piperazine rings is 1. The molecule has 148 valence electrons. The van der Waals surface area contributed by atoms with Gasteiger partial charge in [-0.05, 0) is 24.6 Å². The molecule has 1 aromatic carbocycles. The van der Waals surface area contributed by atoms with Crippen molar-refractivity contribution in [2.45, 2.75) is 6.92 Å². The minimum Gasteiger partial charge on any atom is -0.497 e. The number of carbonyl (C=O) groups is 1. The maximum absolute atomic E-state index is 12.4. The predicted molar refractivity (Wildman–Crippen MR) is 103 cm³/mol. The van der Waals surface area contributed by atoms with Gasteiger partial charge in [0, 0.05) is 38.3 Å². The zero-order valence-electron chi connectivity index (χ0n) is 15.8. The van der Waals surface area contributed by atoms with Crippen LogP contribution in [0.1, 0.15) is 5.56 Å². The number of benzene rings is 1. The second-order valence-corrected chi connectivity index (χ2v) is 6.43. The Labute approximate surface area is 162 Å². The van der Waals surface area contributed by atoms with Crippen LogP contribution in [0.5, 0.6) is 11.5 Å². The Morgan fingerprint density at radius 1 is 1.21 bits per heavy atom. The van der Waals surface area contributed by atoms with Crippen LogP contribution in [0.25, 0.3) is 0 Å². The average Bonchev–Trinajstić information content (AvgIpc) is 2.72. The molecule has 28 heavy (non-hydrogen) atoms. The summed E-state index contributed by atoms with van der Waals surface area (Å²) in [6, 6.07) is 8.63. The fraction of sp³-hybridized carbons (Fsp3) is 0.368. The largest absolute Gasteiger partial charge is 0.497 e. The number of amides is 1. The predicted octanol–water partition coefficient (Wildman–Crippen LogP) is 2.03. The van der Waals surface area contributed by atoms with Crippen molar-refractivity contribution in [3.05, 3.63) is 52.2 Å². The van der Waals surface area contributed by atoms with E-state index in [2.05, 4.69) is 4.98 Å². The monoisotopic (exact) mass is 386 g/mol. The SMILES string of the molecule is COc1cccc(OCC(=O)N2CCN(c3ncc([N+](=O)[O-])cc3C)CC2)c1. The maximum Gasteiger partial charge on any atom is 0.287 e. The van der Waals surface area contributed by atoms with Crippen LogP contribution in [0.3, 0.4) is 0 Å². The van der Waals surface area contributed by atoms with Crippen molar-refractivity contribution < 1.29 is 19.2 Å². The Hall–Kier alpha value is -3.36. The van der Waals surface area contributed by atoms with Gasteiger partial charge in [0.05, 0.1) is 12.0 Å². The molecule has 1 aliphatic rings. The Kier molecular flexibility index (Phi) is 5.93. The fourth-order valence-electron chi connectivity index (χ4n) is 3.08. The quantitative estimate of drug-likeness (QED) is 0.553. The zero-order chi connectivity index (χ0) is 20.1. The van der Waals surface area contributed by atoms with Crippen LogP contribution in [0.4, 0.5) is 11.5 Å². The maximum atomic E-state index is 12.4. The van der Waals surface area contributed by atoms with E-state index in [0.29, 0.717) is 43.5 Å². The summed E-state index contributed by atoms with van der Waals surface area (Å²) in [5, 5.41) is 10.8. The number of hydrogen-bond donors (Lipinski definition) is 0. The third-order valence-corrected chi connectivity index (χ3v) is 4.58. The van der Waals surface area contributed by atoms with E-state index in [1.54, 1.807) is 37.1 Å². The van der Waals surface area contributed by atoms with Crippen LogP contribution < -0.4 is 14.4 Å². The van der Waals surface area contributed by atoms with E-state index in [0.717, 1.165) is 5.56 Å². The molecule has 1 aliphatic heterocycles. The molecular weight excluding hydrogens is 364 g/mol. The number of methoxy groups -OCH3 is 1. The van der Waals surface area contributed by atoms with Gasteiger partial charge < -0.3 is 19.3 Å². The topological polar surface area (TPSA) is 98.0 Å². The van der Waals surface area contributed by atoms with Crippen LogP contribution in [-0.2, 0) is 4.79 Å². The Morgan fingerprint density at radius 2 is 1.93 bits per heavy atom. The van der Waals surface area contributed by atoms with E-state index in [1.165, 1.54) is 12.3 Å². The first-order valence-corrected chi connectivity index (χ1v) is 8.88. The molecule has 9 nitrogen and oxygen atoms in total. The Balaban J connectivity index is 1.53. The standard InChI is InChI=1S/C19H22N4O5/c1-14-10-15(23(25)26)12-20-19(14)22-8-6-21(7-9-22)18(24)13-28-17-5-3-4-16(11-17)27-2/h3-5,10-12H,6-9,13H2,1-2H3. The van der Waals surface area contributed by atoms with Crippen molar-refractivity contribution in [3.63, 3.8) is 0 Å². The second-order valence-electron chi connectivity index (χ2n) is 6.43. The number of rotatable bonds is 6. The summed E-state index contributed by atoms with van der Waals surface area (Å²) in [6.07, 6.45) is 1.27. The van der Waals surface area contributed by atoms with E-state index in [4.69, 9.17) is 9.47 Å². The van der Waals surface area contributed by atoms with Crippen molar-refractivity contribution in [2.24, 2.45) is 0 Å². The molecule has 0 atom stereocenters. The molecule has 0 aliphatic carbocycles. The van der Waals surface area contributed by atoms with E-state index in [9.17, 15) is 14.9 Å². The molecule has 0 radical (unpaired) electrons. The number of anilines is 1. The molecule has 0 unspecified atom stereocenters. The number of pyridine rings is 1.